The zero-order valence-corrected chi connectivity index (χ0v) is 9.00. The van der Waals surface area contributed by atoms with Crippen molar-refractivity contribution in [2.45, 2.75) is 31.8 Å². The summed E-state index contributed by atoms with van der Waals surface area (Å²) < 4.78 is 5.68. The molecule has 2 fully saturated rings. The number of piperidine rings is 1. The zero-order chi connectivity index (χ0) is 9.64. The summed E-state index contributed by atoms with van der Waals surface area (Å²) in [6, 6.07) is 0. The van der Waals surface area contributed by atoms with Gasteiger partial charge in [0.25, 0.3) is 0 Å². The van der Waals surface area contributed by atoms with Gasteiger partial charge in [0.05, 0.1) is 6.10 Å². The highest BCUT2D eigenvalue weighted by Gasteiger charge is 2.16. The van der Waals surface area contributed by atoms with Crippen molar-refractivity contribution in [3.8, 4) is 0 Å². The van der Waals surface area contributed by atoms with Gasteiger partial charge in [-0.25, -0.2) is 0 Å². The largest absolute Gasteiger partial charge is 0.376 e. The lowest BCUT2D eigenvalue weighted by Gasteiger charge is -2.29. The fourth-order valence-corrected chi connectivity index (χ4v) is 2.10. The summed E-state index contributed by atoms with van der Waals surface area (Å²) in [6.45, 7) is 6.92. The van der Waals surface area contributed by atoms with E-state index >= 15 is 0 Å². The highest BCUT2D eigenvalue weighted by molar-refractivity contribution is 4.74. The summed E-state index contributed by atoms with van der Waals surface area (Å²) in [5.41, 5.74) is 0. The van der Waals surface area contributed by atoms with Crippen LogP contribution in [0.5, 0.6) is 0 Å². The summed E-state index contributed by atoms with van der Waals surface area (Å²) in [5, 5.41) is 3.22. The molecular formula is C11H22N2O. The Morgan fingerprint density at radius 1 is 1.14 bits per heavy atom. The fraction of sp³-hybridized carbons (Fsp3) is 1.00. The highest BCUT2D eigenvalue weighted by Crippen LogP contribution is 2.09. The van der Waals surface area contributed by atoms with Gasteiger partial charge in [-0.3, -0.25) is 0 Å². The minimum absolute atomic E-state index is 0.511. The first-order valence-electron chi connectivity index (χ1n) is 6.00. The molecule has 0 radical (unpaired) electrons. The van der Waals surface area contributed by atoms with Gasteiger partial charge in [0.1, 0.15) is 0 Å². The lowest BCUT2D eigenvalue weighted by atomic mass is 10.1. The standard InChI is InChI=1S/C11H22N2O/c1-2-5-13(6-3-1)7-4-8-14-11-9-12-10-11/h11-12H,1-10H2. The lowest BCUT2D eigenvalue weighted by Crippen LogP contribution is -2.48. The molecule has 0 amide bonds. The second-order valence-electron chi connectivity index (χ2n) is 4.41. The van der Waals surface area contributed by atoms with Gasteiger partial charge in [-0.2, -0.15) is 0 Å². The highest BCUT2D eigenvalue weighted by atomic mass is 16.5. The summed E-state index contributed by atoms with van der Waals surface area (Å²) in [7, 11) is 0. The first-order chi connectivity index (χ1) is 6.95. The molecule has 82 valence electrons. The van der Waals surface area contributed by atoms with Crippen LogP contribution in [0.4, 0.5) is 0 Å². The maximum atomic E-state index is 5.68. The summed E-state index contributed by atoms with van der Waals surface area (Å²) in [6.07, 6.45) is 5.94. The van der Waals surface area contributed by atoms with E-state index in [9.17, 15) is 0 Å². The number of nitrogens with one attached hydrogen (secondary N) is 1. The average molecular weight is 198 g/mol. The molecule has 0 unspecified atom stereocenters. The van der Waals surface area contributed by atoms with E-state index in [-0.39, 0.29) is 0 Å². The molecule has 2 saturated heterocycles. The molecule has 0 aliphatic carbocycles. The maximum absolute atomic E-state index is 5.68. The van der Waals surface area contributed by atoms with Crippen LogP contribution < -0.4 is 5.32 Å². The second kappa shape index (κ2) is 5.69. The molecule has 0 aromatic carbocycles. The molecule has 14 heavy (non-hydrogen) atoms. The van der Waals surface area contributed by atoms with Crippen LogP contribution in [-0.4, -0.2) is 50.3 Å². The van der Waals surface area contributed by atoms with E-state index in [0.29, 0.717) is 6.10 Å². The van der Waals surface area contributed by atoms with Crippen molar-refractivity contribution >= 4 is 0 Å². The van der Waals surface area contributed by atoms with Gasteiger partial charge in [0.15, 0.2) is 0 Å². The third-order valence-corrected chi connectivity index (χ3v) is 3.16. The Hall–Kier alpha value is -0.120. The Bertz CT molecular complexity index is 153. The minimum atomic E-state index is 0.511. The second-order valence-corrected chi connectivity index (χ2v) is 4.41. The van der Waals surface area contributed by atoms with Gasteiger partial charge >= 0.3 is 0 Å². The molecule has 1 N–H and O–H groups in total. The van der Waals surface area contributed by atoms with Crippen LogP contribution in [0.25, 0.3) is 0 Å². The Morgan fingerprint density at radius 3 is 2.57 bits per heavy atom. The van der Waals surface area contributed by atoms with Crippen LogP contribution in [0, 0.1) is 0 Å². The van der Waals surface area contributed by atoms with Crippen molar-refractivity contribution in [2.75, 3.05) is 39.3 Å². The van der Waals surface area contributed by atoms with E-state index in [2.05, 4.69) is 10.2 Å². The fourth-order valence-electron chi connectivity index (χ4n) is 2.10. The molecule has 0 saturated carbocycles. The minimum Gasteiger partial charge on any atom is -0.376 e. The van der Waals surface area contributed by atoms with Crippen molar-refractivity contribution in [3.63, 3.8) is 0 Å². The smallest absolute Gasteiger partial charge is 0.0823 e. The molecular weight excluding hydrogens is 176 g/mol. The normalized spacial score (nSPS) is 24.9. The van der Waals surface area contributed by atoms with Crippen molar-refractivity contribution in [1.82, 2.24) is 10.2 Å². The van der Waals surface area contributed by atoms with Gasteiger partial charge in [0.2, 0.25) is 0 Å². The zero-order valence-electron chi connectivity index (χ0n) is 9.00. The van der Waals surface area contributed by atoms with Crippen molar-refractivity contribution in [2.24, 2.45) is 0 Å². The van der Waals surface area contributed by atoms with E-state index in [1.165, 1.54) is 45.3 Å². The van der Waals surface area contributed by atoms with Gasteiger partial charge in [-0.15, -0.1) is 0 Å². The number of rotatable bonds is 5. The Kier molecular flexibility index (Phi) is 4.22. The van der Waals surface area contributed by atoms with E-state index in [1.54, 1.807) is 0 Å². The van der Waals surface area contributed by atoms with E-state index in [0.717, 1.165) is 19.7 Å². The molecule has 0 spiro atoms. The van der Waals surface area contributed by atoms with E-state index < -0.39 is 0 Å². The summed E-state index contributed by atoms with van der Waals surface area (Å²) in [4.78, 5) is 2.58. The lowest BCUT2D eigenvalue weighted by molar-refractivity contribution is 0.0138. The number of hydrogen-bond acceptors (Lipinski definition) is 3. The van der Waals surface area contributed by atoms with Gasteiger partial charge in [-0.1, -0.05) is 6.42 Å². The van der Waals surface area contributed by atoms with Gasteiger partial charge in [-0.05, 0) is 32.4 Å². The van der Waals surface area contributed by atoms with Crippen LogP contribution in [0.15, 0.2) is 0 Å². The number of nitrogens with zero attached hydrogens (tertiary/aromatic N) is 1. The molecule has 2 heterocycles. The summed E-state index contributed by atoms with van der Waals surface area (Å²) >= 11 is 0. The number of ether oxygens (including phenoxy) is 1. The third-order valence-electron chi connectivity index (χ3n) is 3.16. The van der Waals surface area contributed by atoms with Gasteiger partial charge < -0.3 is 15.0 Å². The van der Waals surface area contributed by atoms with Crippen LogP contribution in [0.1, 0.15) is 25.7 Å². The first kappa shape index (κ1) is 10.4. The van der Waals surface area contributed by atoms with Crippen LogP contribution in [0.3, 0.4) is 0 Å². The van der Waals surface area contributed by atoms with Crippen molar-refractivity contribution in [3.05, 3.63) is 0 Å². The predicted molar refractivity (Wildman–Crippen MR) is 57.5 cm³/mol. The molecule has 2 rings (SSSR count). The Labute approximate surface area is 86.8 Å². The molecule has 3 nitrogen and oxygen atoms in total. The molecule has 0 aromatic heterocycles. The Morgan fingerprint density at radius 2 is 1.93 bits per heavy atom. The van der Waals surface area contributed by atoms with E-state index in [4.69, 9.17) is 4.74 Å². The van der Waals surface area contributed by atoms with Crippen LogP contribution in [-0.2, 0) is 4.74 Å². The third kappa shape index (κ3) is 3.23. The van der Waals surface area contributed by atoms with Crippen LogP contribution >= 0.6 is 0 Å². The average Bonchev–Trinajstić information content (AvgIpc) is 2.16. The quantitative estimate of drug-likeness (QED) is 0.663. The van der Waals surface area contributed by atoms with Crippen LogP contribution in [0.2, 0.25) is 0 Å². The number of hydrogen-bond donors (Lipinski definition) is 1. The predicted octanol–water partition coefficient (Wildman–Crippen LogP) is 0.851. The van der Waals surface area contributed by atoms with Gasteiger partial charge in [0, 0.05) is 26.2 Å². The SMILES string of the molecule is C1CCN(CCCOC2CNC2)CC1. The van der Waals surface area contributed by atoms with Crippen molar-refractivity contribution in [1.29, 1.82) is 0 Å². The van der Waals surface area contributed by atoms with E-state index in [1.807, 2.05) is 0 Å². The molecule has 0 aromatic rings. The monoisotopic (exact) mass is 198 g/mol. The molecule has 2 aliphatic rings. The molecule has 2 aliphatic heterocycles. The Balaban J connectivity index is 1.45. The maximum Gasteiger partial charge on any atom is 0.0823 e. The first-order valence-corrected chi connectivity index (χ1v) is 6.00. The molecule has 0 atom stereocenters. The van der Waals surface area contributed by atoms with Crippen molar-refractivity contribution < 1.29 is 4.74 Å². The molecule has 3 heteroatoms. The summed E-state index contributed by atoms with van der Waals surface area (Å²) in [5.74, 6) is 0. The topological polar surface area (TPSA) is 24.5 Å². The molecule has 0 bridgehead atoms. The number of likely N-dealkylation sites (tertiary alicyclic amines) is 1.